The highest BCUT2D eigenvalue weighted by Crippen LogP contribution is 2.25. The van der Waals surface area contributed by atoms with Crippen molar-refractivity contribution in [3.63, 3.8) is 0 Å². The summed E-state index contributed by atoms with van der Waals surface area (Å²) in [6, 6.07) is 14.5. The number of nitrogens with one attached hydrogen (secondary N) is 1. The first-order valence-corrected chi connectivity index (χ1v) is 9.83. The minimum Gasteiger partial charge on any atom is -0.384 e. The van der Waals surface area contributed by atoms with E-state index in [0.29, 0.717) is 0 Å². The first-order valence-electron chi connectivity index (χ1n) is 9.02. The summed E-state index contributed by atoms with van der Waals surface area (Å²) in [6.45, 7) is 2.74. The summed E-state index contributed by atoms with van der Waals surface area (Å²) >= 11 is 1.70. The van der Waals surface area contributed by atoms with Crippen molar-refractivity contribution >= 4 is 23.5 Å². The Labute approximate surface area is 163 Å². The molecule has 1 aliphatic heterocycles. The molecule has 0 atom stereocenters. The van der Waals surface area contributed by atoms with Crippen LogP contribution in [0.25, 0.3) is 12.2 Å². The predicted molar refractivity (Wildman–Crippen MR) is 110 cm³/mol. The molecule has 4 nitrogen and oxygen atoms in total. The fourth-order valence-corrected chi connectivity index (χ4v) is 4.19. The van der Waals surface area contributed by atoms with Crippen LogP contribution < -0.4 is 0 Å². The van der Waals surface area contributed by atoms with Gasteiger partial charge in [0.2, 0.25) is 0 Å². The summed E-state index contributed by atoms with van der Waals surface area (Å²) in [5.41, 5.74) is 4.75. The molecule has 0 unspecified atom stereocenters. The van der Waals surface area contributed by atoms with E-state index in [4.69, 9.17) is 5.11 Å². The number of hydrogen-bond donors (Lipinski definition) is 2. The zero-order chi connectivity index (χ0) is 18.5. The number of rotatable bonds is 4. The number of nitrogens with zero attached hydrogens (tertiary/aromatic N) is 2. The molecule has 0 bridgehead atoms. The summed E-state index contributed by atoms with van der Waals surface area (Å²) in [6.07, 6.45) is 5.20. The van der Waals surface area contributed by atoms with E-state index in [0.717, 1.165) is 36.6 Å². The largest absolute Gasteiger partial charge is 0.384 e. The monoisotopic (exact) mass is 375 g/mol. The van der Waals surface area contributed by atoms with Gasteiger partial charge >= 0.3 is 0 Å². The molecule has 1 aromatic carbocycles. The first kappa shape index (κ1) is 17.7. The van der Waals surface area contributed by atoms with Crippen molar-refractivity contribution in [2.24, 2.45) is 0 Å². The van der Waals surface area contributed by atoms with Crippen molar-refractivity contribution in [2.75, 3.05) is 13.2 Å². The lowest BCUT2D eigenvalue weighted by Gasteiger charge is -2.26. The molecule has 0 radical (unpaired) electrons. The van der Waals surface area contributed by atoms with Crippen molar-refractivity contribution < 1.29 is 5.11 Å². The van der Waals surface area contributed by atoms with Crippen molar-refractivity contribution in [1.29, 1.82) is 0 Å². The minimum absolute atomic E-state index is 0.0953. The Balaban J connectivity index is 1.45. The van der Waals surface area contributed by atoms with E-state index in [1.54, 1.807) is 11.3 Å². The average Bonchev–Trinajstić information content (AvgIpc) is 3.32. The van der Waals surface area contributed by atoms with Crippen LogP contribution in [0.4, 0.5) is 0 Å². The van der Waals surface area contributed by atoms with E-state index < -0.39 is 0 Å². The van der Waals surface area contributed by atoms with Crippen LogP contribution in [-0.2, 0) is 19.5 Å². The maximum Gasteiger partial charge on any atom is 0.104 e. The molecular weight excluding hydrogens is 354 g/mol. The van der Waals surface area contributed by atoms with E-state index in [9.17, 15) is 0 Å². The van der Waals surface area contributed by atoms with Gasteiger partial charge in [0.1, 0.15) is 6.61 Å². The van der Waals surface area contributed by atoms with Gasteiger partial charge in [-0.05, 0) is 23.8 Å². The molecule has 2 N–H and O–H groups in total. The molecule has 27 heavy (non-hydrogen) atoms. The van der Waals surface area contributed by atoms with E-state index in [-0.39, 0.29) is 6.61 Å². The maximum absolute atomic E-state index is 8.82. The molecular formula is C22H21N3OS. The number of hydrogen-bond acceptors (Lipinski definition) is 4. The SMILES string of the molecule is OCC#Cc1ccc(CN2CCc3[nH]nc(C=Cc4ccccc4)c3C2)s1. The van der Waals surface area contributed by atoms with Gasteiger partial charge in [-0.25, -0.2) is 0 Å². The second kappa shape index (κ2) is 8.36. The van der Waals surface area contributed by atoms with Gasteiger partial charge in [0.25, 0.3) is 0 Å². The normalized spacial score (nSPS) is 14.1. The molecule has 0 fully saturated rings. The van der Waals surface area contributed by atoms with Gasteiger partial charge in [-0.1, -0.05) is 48.2 Å². The third kappa shape index (κ3) is 4.37. The van der Waals surface area contributed by atoms with Crippen LogP contribution >= 0.6 is 11.3 Å². The zero-order valence-corrected chi connectivity index (χ0v) is 15.8. The number of aromatic nitrogens is 2. The summed E-state index contributed by atoms with van der Waals surface area (Å²) in [5, 5.41) is 16.5. The highest BCUT2D eigenvalue weighted by molar-refractivity contribution is 7.12. The van der Waals surface area contributed by atoms with Crippen molar-refractivity contribution in [1.82, 2.24) is 15.1 Å². The minimum atomic E-state index is -0.0953. The fourth-order valence-electron chi connectivity index (χ4n) is 3.26. The van der Waals surface area contributed by atoms with Crippen LogP contribution in [0.2, 0.25) is 0 Å². The van der Waals surface area contributed by atoms with E-state index in [1.165, 1.54) is 21.7 Å². The molecule has 0 aliphatic carbocycles. The van der Waals surface area contributed by atoms with Gasteiger partial charge in [-0.2, -0.15) is 5.10 Å². The van der Waals surface area contributed by atoms with Crippen LogP contribution in [0.3, 0.4) is 0 Å². The van der Waals surface area contributed by atoms with Crippen LogP contribution in [0.15, 0.2) is 42.5 Å². The van der Waals surface area contributed by atoms with E-state index in [2.05, 4.69) is 57.3 Å². The van der Waals surface area contributed by atoms with E-state index in [1.807, 2.05) is 24.3 Å². The lowest BCUT2D eigenvalue weighted by molar-refractivity contribution is 0.247. The predicted octanol–water partition coefficient (Wildman–Crippen LogP) is 3.54. The van der Waals surface area contributed by atoms with Gasteiger partial charge in [0.05, 0.1) is 10.6 Å². The molecule has 0 spiro atoms. The summed E-state index contributed by atoms with van der Waals surface area (Å²) in [4.78, 5) is 4.75. The smallest absolute Gasteiger partial charge is 0.104 e. The summed E-state index contributed by atoms with van der Waals surface area (Å²) in [7, 11) is 0. The molecule has 1 aliphatic rings. The van der Waals surface area contributed by atoms with Crippen LogP contribution in [0, 0.1) is 11.8 Å². The number of thiophene rings is 1. The number of aliphatic hydroxyl groups excluding tert-OH is 1. The number of benzene rings is 1. The van der Waals surface area contributed by atoms with E-state index >= 15 is 0 Å². The number of fused-ring (bicyclic) bond motifs is 1. The Morgan fingerprint density at radius 2 is 2.07 bits per heavy atom. The van der Waals surface area contributed by atoms with Crippen LogP contribution in [0.5, 0.6) is 0 Å². The summed E-state index contributed by atoms with van der Waals surface area (Å²) in [5.74, 6) is 5.69. The highest BCUT2D eigenvalue weighted by atomic mass is 32.1. The Kier molecular flexibility index (Phi) is 5.50. The number of aromatic amines is 1. The molecule has 0 amide bonds. The molecule has 3 aromatic rings. The van der Waals surface area contributed by atoms with Crippen molar-refractivity contribution in [3.05, 3.63) is 74.7 Å². The standard InChI is InChI=1S/C22H21N3OS/c26-14-4-7-18-9-10-19(27-18)15-25-13-12-22-20(16-25)21(23-24-22)11-8-17-5-2-1-3-6-17/h1-3,5-6,8-11,26H,12-16H2,(H,23,24). The number of aliphatic hydroxyl groups is 1. The lowest BCUT2D eigenvalue weighted by atomic mass is 10.0. The second-order valence-corrected chi connectivity index (χ2v) is 7.66. The van der Waals surface area contributed by atoms with Gasteiger partial charge in [0, 0.05) is 42.2 Å². The van der Waals surface area contributed by atoms with Crippen LogP contribution in [-0.4, -0.2) is 33.4 Å². The molecule has 0 saturated heterocycles. The molecule has 3 heterocycles. The Hall–Kier alpha value is -2.65. The Morgan fingerprint density at radius 1 is 1.19 bits per heavy atom. The number of H-pyrrole nitrogens is 1. The molecule has 0 saturated carbocycles. The molecule has 2 aromatic heterocycles. The first-order chi connectivity index (χ1) is 13.3. The van der Waals surface area contributed by atoms with Gasteiger partial charge in [0.15, 0.2) is 0 Å². The fraction of sp³-hybridized carbons (Fsp3) is 0.227. The Bertz CT molecular complexity index is 991. The zero-order valence-electron chi connectivity index (χ0n) is 15.0. The highest BCUT2D eigenvalue weighted by Gasteiger charge is 2.21. The van der Waals surface area contributed by atoms with Crippen molar-refractivity contribution in [2.45, 2.75) is 19.5 Å². The van der Waals surface area contributed by atoms with Gasteiger partial charge < -0.3 is 5.11 Å². The average molecular weight is 375 g/mol. The second-order valence-electron chi connectivity index (χ2n) is 6.50. The third-order valence-electron chi connectivity index (χ3n) is 4.61. The summed E-state index contributed by atoms with van der Waals surface area (Å²) < 4.78 is 0. The molecule has 5 heteroatoms. The van der Waals surface area contributed by atoms with Crippen LogP contribution in [0.1, 0.15) is 32.3 Å². The topological polar surface area (TPSA) is 52.1 Å². The van der Waals surface area contributed by atoms with Crippen molar-refractivity contribution in [3.8, 4) is 11.8 Å². The third-order valence-corrected chi connectivity index (χ3v) is 5.59. The molecule has 4 rings (SSSR count). The maximum atomic E-state index is 8.82. The van der Waals surface area contributed by atoms with Gasteiger partial charge in [-0.15, -0.1) is 11.3 Å². The Morgan fingerprint density at radius 3 is 2.93 bits per heavy atom. The molecule has 136 valence electrons. The lowest BCUT2D eigenvalue weighted by Crippen LogP contribution is -2.29. The van der Waals surface area contributed by atoms with Gasteiger partial charge in [-0.3, -0.25) is 10.00 Å². The quantitative estimate of drug-likeness (QED) is 0.686.